The van der Waals surface area contributed by atoms with E-state index in [1.807, 2.05) is 55.4 Å². The smallest absolute Gasteiger partial charge is 0.245 e. The molecule has 726 valence electrons. The molecule has 12 atom stereocenters. The molecule has 0 unspecified atom stereocenters. The van der Waals surface area contributed by atoms with Gasteiger partial charge in [0.25, 0.3) is 0 Å². The molecule has 0 saturated carbocycles. The third-order valence-corrected chi connectivity index (χ3v) is 26.3. The lowest BCUT2D eigenvalue weighted by Crippen LogP contribution is -2.55. The number of aliphatic hydroxyl groups is 2. The van der Waals surface area contributed by atoms with Crippen LogP contribution >= 0.6 is 0 Å². The van der Waals surface area contributed by atoms with Crippen LogP contribution in [0.25, 0.3) is 0 Å². The summed E-state index contributed by atoms with van der Waals surface area (Å²) in [5.74, 6) is -3.02. The first-order valence-electron chi connectivity index (χ1n) is 45.7. The lowest BCUT2D eigenvalue weighted by atomic mass is 9.92. The van der Waals surface area contributed by atoms with Gasteiger partial charge in [-0.25, -0.2) is 0 Å². The molecule has 35 heteroatoms. The number of aliphatic hydroxyl groups excluding tert-OH is 2. The van der Waals surface area contributed by atoms with Crippen LogP contribution in [0.15, 0.2) is 0 Å². The Morgan fingerprint density at radius 3 is 0.848 bits per heavy atom. The number of amides is 8. The van der Waals surface area contributed by atoms with Crippen LogP contribution in [0.5, 0.6) is 0 Å². The lowest BCUT2D eigenvalue weighted by molar-refractivity contribution is -0.137. The maximum Gasteiger partial charge on any atom is 0.245 e. The van der Waals surface area contributed by atoms with Crippen LogP contribution in [-0.4, -0.2) is 281 Å². The SMILES string of the molecule is CCCCCCC(=O)N[C@@H](C)C(=O)N[C@@H](CC(C)C)C(=O)[C@@]1(COCOC)CO1.CCCCCCC(=O)N[C@@H](C)C(=O)N[C@@H](CC(C)C)C(=O)[C@@]1(CO[Si](C)(C)C(C)(C)C)CO1.CCCCCCC(=O)N[C@@H](CO)C(=O)N[C@@H](CC(C)C)C(=O)[C@@]1(COCOC)CO1.CCCCCCC(=O)N[C@@H](CO)C(=O)N[C@@H](CC(C)C)C(=O)[C@@]1(COCOCCOC)CO1. The normalized spacial score (nSPS) is 19.9. The fourth-order valence-corrected chi connectivity index (χ4v) is 13.9. The standard InChI is InChI=1S/C25H48N2O5Si.C23H42N2O8.C21H38N2O7.C21H38N2O6/c1-10-11-12-13-14-21(28)26-19(4)23(30)27-20(15-18(2)3)22(29)25(16-31-25)17-32-33(8,9)24(5,6)7;1-5-6-7-8-9-20(27)24-19(13-26)22(29)25-18(12-17(2)3)21(28)23(15-33-23)14-32-16-31-11-10-30-4;1-5-6-7-8-9-18(25)22-17(11-24)20(27)23-16(10-15(2)3)19(26)21(13-30-21)12-29-14-28-4;1-6-7-8-9-10-18(24)22-16(4)20(26)23-17(11-15(2)3)19(25)21(13-29-21)12-28-14-27-5/h18-20H,10-17H2,1-9H3,(H,26,28)(H,27,30);17-19,26H,5-16H2,1-4H3,(H,24,27)(H,25,29);15-17,24H,5-14H2,1-4H3,(H,22,25)(H,23,27);15-17H,6-14H2,1-5H3,(H,22,24)(H,23,26)/t19-,20-,25-;18-,19-,23+;2*16-,17-,21+/m0000/s1. The number of ether oxygens (including phenoxy) is 11. The lowest BCUT2D eigenvalue weighted by Gasteiger charge is -2.37. The Bertz CT molecular complexity index is 3160. The third-order valence-electron chi connectivity index (χ3n) is 21.8. The van der Waals surface area contributed by atoms with E-state index in [0.29, 0.717) is 71.2 Å². The van der Waals surface area contributed by atoms with Crippen molar-refractivity contribution in [3.05, 3.63) is 0 Å². The van der Waals surface area contributed by atoms with Gasteiger partial charge in [-0.2, -0.15) is 0 Å². The van der Waals surface area contributed by atoms with E-state index in [1.54, 1.807) is 21.0 Å². The molecule has 0 aromatic carbocycles. The number of Topliss-reactive ketones (excluding diaryl/α,β-unsaturated/α-hetero) is 4. The predicted octanol–water partition coefficient (Wildman–Crippen LogP) is 8.17. The zero-order valence-corrected chi connectivity index (χ0v) is 81.2. The quantitative estimate of drug-likeness (QED) is 0.0119. The topological polar surface area (TPSA) is 465 Å². The third kappa shape index (κ3) is 47.5. The van der Waals surface area contributed by atoms with Gasteiger partial charge >= 0.3 is 0 Å². The molecule has 0 aromatic rings. The minimum Gasteiger partial charge on any atom is -0.413 e. The highest BCUT2D eigenvalue weighted by Gasteiger charge is 2.59. The number of nitrogens with one attached hydrogen (secondary N) is 8. The van der Waals surface area contributed by atoms with Crippen molar-refractivity contribution in [2.24, 2.45) is 23.7 Å². The van der Waals surface area contributed by atoms with Crippen LogP contribution in [0.2, 0.25) is 18.1 Å². The van der Waals surface area contributed by atoms with Crippen molar-refractivity contribution in [3.8, 4) is 0 Å². The van der Waals surface area contributed by atoms with Crippen LogP contribution in [0.1, 0.15) is 272 Å². The fourth-order valence-electron chi connectivity index (χ4n) is 12.8. The van der Waals surface area contributed by atoms with E-state index in [0.717, 1.165) is 103 Å². The van der Waals surface area contributed by atoms with Crippen molar-refractivity contribution >= 4 is 78.7 Å². The van der Waals surface area contributed by atoms with Crippen molar-refractivity contribution in [3.63, 3.8) is 0 Å². The van der Waals surface area contributed by atoms with Gasteiger partial charge in [0.1, 0.15) is 44.5 Å². The van der Waals surface area contributed by atoms with Crippen LogP contribution in [-0.2, 0) is 114 Å². The molecule has 0 bridgehead atoms. The Morgan fingerprint density at radius 1 is 0.344 bits per heavy atom. The van der Waals surface area contributed by atoms with Crippen LogP contribution < -0.4 is 42.5 Å². The van der Waals surface area contributed by atoms with Crippen LogP contribution in [0.3, 0.4) is 0 Å². The first-order chi connectivity index (χ1) is 59.0. The summed E-state index contributed by atoms with van der Waals surface area (Å²) >= 11 is 0. The van der Waals surface area contributed by atoms with Crippen molar-refractivity contribution in [1.29, 1.82) is 0 Å². The van der Waals surface area contributed by atoms with Gasteiger partial charge in [0.05, 0.1) is 103 Å². The molecule has 0 aliphatic carbocycles. The Balaban J connectivity index is 0.000000835. The van der Waals surface area contributed by atoms with Gasteiger partial charge in [-0.3, -0.25) is 57.5 Å². The molecule has 8 amide bonds. The second-order valence-corrected chi connectivity index (χ2v) is 41.5. The summed E-state index contributed by atoms with van der Waals surface area (Å²) in [6.45, 7) is 39.4. The van der Waals surface area contributed by atoms with Gasteiger partial charge in [-0.1, -0.05) is 181 Å². The first-order valence-corrected chi connectivity index (χ1v) is 48.7. The summed E-state index contributed by atoms with van der Waals surface area (Å²) in [7, 11) is 2.52. The summed E-state index contributed by atoms with van der Waals surface area (Å²) in [4.78, 5) is 152. The number of carbonyl (C=O) groups is 12. The molecule has 34 nitrogen and oxygen atoms in total. The molecule has 0 radical (unpaired) electrons. The Hall–Kier alpha value is -5.90. The molecule has 4 heterocycles. The fraction of sp³-hybridized carbons (Fsp3) is 0.867. The highest BCUT2D eigenvalue weighted by Crippen LogP contribution is 2.40. The van der Waals surface area contributed by atoms with E-state index in [2.05, 4.69) is 104 Å². The first kappa shape index (κ1) is 117. The summed E-state index contributed by atoms with van der Waals surface area (Å²) in [5.41, 5.74) is -4.19. The Kier molecular flexibility index (Phi) is 58.5. The molecule has 4 rings (SSSR count). The number of epoxide rings is 4. The van der Waals surface area contributed by atoms with Gasteiger partial charge in [0, 0.05) is 47.0 Å². The van der Waals surface area contributed by atoms with Crippen LogP contribution in [0, 0.1) is 23.7 Å². The van der Waals surface area contributed by atoms with Crippen molar-refractivity contribution in [2.45, 2.75) is 361 Å². The Morgan fingerprint density at radius 2 is 0.608 bits per heavy atom. The molecule has 4 aliphatic heterocycles. The second-order valence-electron chi connectivity index (χ2n) is 36.7. The molecule has 0 spiro atoms. The van der Waals surface area contributed by atoms with E-state index in [1.165, 1.54) is 14.2 Å². The number of rotatable bonds is 68. The van der Waals surface area contributed by atoms with Crippen LogP contribution in [0.4, 0.5) is 0 Å². The van der Waals surface area contributed by atoms with Gasteiger partial charge in [-0.15, -0.1) is 0 Å². The van der Waals surface area contributed by atoms with Gasteiger partial charge < -0.3 is 109 Å². The zero-order chi connectivity index (χ0) is 94.6. The number of hydrogen-bond acceptors (Lipinski definition) is 26. The van der Waals surface area contributed by atoms with Crippen molar-refractivity contribution < 1.29 is 124 Å². The summed E-state index contributed by atoms with van der Waals surface area (Å²) in [5, 5.41) is 40.9. The molecular weight excluding hydrogens is 1640 g/mol. The monoisotopic (exact) mass is 1800 g/mol. The molecule has 4 aliphatic rings. The number of carbonyl (C=O) groups excluding carboxylic acids is 12. The minimum atomic E-state index is -2.04. The van der Waals surface area contributed by atoms with Gasteiger partial charge in [0.15, 0.2) is 53.9 Å². The molecule has 4 fully saturated rings. The largest absolute Gasteiger partial charge is 0.413 e. The average molecular weight is 1800 g/mol. The second kappa shape index (κ2) is 62.4. The zero-order valence-electron chi connectivity index (χ0n) is 80.2. The Labute approximate surface area is 747 Å². The minimum absolute atomic E-state index is 0.000168. The van der Waals surface area contributed by atoms with Crippen molar-refractivity contribution in [2.75, 3.05) is 121 Å². The number of unbranched alkanes of at least 4 members (excludes halogenated alkanes) is 12. The molecular formula is C90H166N8O26Si. The highest BCUT2D eigenvalue weighted by molar-refractivity contribution is 6.74. The summed E-state index contributed by atoms with van der Waals surface area (Å²) < 4.78 is 63.9. The maximum atomic E-state index is 13.4. The molecule has 0 aromatic heterocycles. The highest BCUT2D eigenvalue weighted by atomic mass is 28.4. The molecule has 4 saturated heterocycles. The van der Waals surface area contributed by atoms with E-state index in [-0.39, 0.29) is 154 Å². The van der Waals surface area contributed by atoms with Gasteiger partial charge in [0.2, 0.25) is 47.3 Å². The number of ketones is 4. The van der Waals surface area contributed by atoms with Crippen molar-refractivity contribution in [1.82, 2.24) is 42.5 Å². The summed E-state index contributed by atoms with van der Waals surface area (Å²) in [6.07, 6.45) is 18.8. The maximum absolute atomic E-state index is 13.4. The molecule has 10 N–H and O–H groups in total. The van der Waals surface area contributed by atoms with E-state index < -0.39 is 104 Å². The van der Waals surface area contributed by atoms with Gasteiger partial charge in [-0.05, 0) is 107 Å². The van der Waals surface area contributed by atoms with E-state index in [9.17, 15) is 67.7 Å². The van der Waals surface area contributed by atoms with E-state index in [4.69, 9.17) is 56.5 Å². The number of hydrogen-bond donors (Lipinski definition) is 10. The predicted molar refractivity (Wildman–Crippen MR) is 476 cm³/mol. The van der Waals surface area contributed by atoms with E-state index >= 15 is 0 Å². The average Bonchev–Trinajstić information content (AvgIpc) is 1.64. The number of methoxy groups -OCH3 is 3. The molecule has 125 heavy (non-hydrogen) atoms. The summed E-state index contributed by atoms with van der Waals surface area (Å²) in [6, 6.07) is -6.63.